The summed E-state index contributed by atoms with van der Waals surface area (Å²) in [4.78, 5) is 3.37. The molecular weight excluding hydrogens is 210 g/mol. The Balaban J connectivity index is 4.57. The van der Waals surface area contributed by atoms with Crippen LogP contribution in [-0.4, -0.2) is 48.1 Å². The van der Waals surface area contributed by atoms with Crippen molar-refractivity contribution in [2.24, 2.45) is 0 Å². The van der Waals surface area contributed by atoms with Crippen LogP contribution in [0.2, 0.25) is 0 Å². The van der Waals surface area contributed by atoms with Gasteiger partial charge in [-0.1, -0.05) is 0 Å². The highest BCUT2D eigenvalue weighted by molar-refractivity contribution is 6.14. The van der Waals surface area contributed by atoms with E-state index in [-0.39, 0.29) is 12.6 Å². The third kappa shape index (κ3) is 4.75. The van der Waals surface area contributed by atoms with Crippen LogP contribution in [0.4, 0.5) is 0 Å². The predicted molar refractivity (Wildman–Crippen MR) is 62.8 cm³/mol. The van der Waals surface area contributed by atoms with Gasteiger partial charge in [-0.2, -0.15) is 0 Å². The molecule has 1 atom stereocenters. The lowest BCUT2D eigenvalue weighted by Gasteiger charge is -2.34. The van der Waals surface area contributed by atoms with Crippen molar-refractivity contribution in [2.75, 3.05) is 26.4 Å². The fourth-order valence-corrected chi connectivity index (χ4v) is 2.38. The quantitative estimate of drug-likeness (QED) is 0.344. The molecule has 0 N–H and O–H groups in total. The van der Waals surface area contributed by atoms with Gasteiger partial charge in [-0.25, -0.2) is 6.57 Å². The Morgan fingerprint density at radius 2 is 1.73 bits per heavy atom. The minimum Gasteiger partial charge on any atom is -0.365 e. The molecule has 0 rings (SSSR count). The van der Waals surface area contributed by atoms with E-state index in [1.165, 1.54) is 0 Å². The second-order valence-corrected chi connectivity index (χ2v) is 4.56. The minimum absolute atomic E-state index is 0.272. The summed E-state index contributed by atoms with van der Waals surface area (Å²) < 4.78 is 16.7. The summed E-state index contributed by atoms with van der Waals surface area (Å²) in [5.41, 5.74) is -0.677. The summed E-state index contributed by atoms with van der Waals surface area (Å²) in [6.07, 6.45) is -0.272. The summed E-state index contributed by atoms with van der Waals surface area (Å²) in [6, 6.07) is 0. The predicted octanol–water partition coefficient (Wildman–Crippen LogP) is 0.403. The van der Waals surface area contributed by atoms with Gasteiger partial charge in [0.1, 0.15) is 0 Å². The van der Waals surface area contributed by atoms with Crippen LogP contribution in [0.3, 0.4) is 0 Å². The molecular formula is C10H21NO3Si. The van der Waals surface area contributed by atoms with Crippen LogP contribution < -0.4 is 0 Å². The average molecular weight is 231 g/mol. The molecule has 0 aliphatic rings. The molecule has 0 saturated heterocycles. The number of ether oxygens (including phenoxy) is 3. The summed E-state index contributed by atoms with van der Waals surface area (Å²) in [7, 11) is 0.687. The topological polar surface area (TPSA) is 32.0 Å². The molecule has 0 aromatic rings. The van der Waals surface area contributed by atoms with E-state index in [0.29, 0.717) is 30.1 Å². The molecule has 0 aliphatic heterocycles. The van der Waals surface area contributed by atoms with Gasteiger partial charge in [0, 0.05) is 19.8 Å². The molecule has 0 radical (unpaired) electrons. The Kier molecular flexibility index (Phi) is 7.61. The Labute approximate surface area is 95.1 Å². The standard InChI is InChI=1S/C10H21NO3Si/c1-5-12-9(8-11-4)10(15,13-6-2)14-7-3/h9H,5-8H2,1-3,15H3. The molecule has 4 nitrogen and oxygen atoms in total. The first kappa shape index (κ1) is 14.6. The van der Waals surface area contributed by atoms with Gasteiger partial charge in [-0.15, -0.1) is 0 Å². The van der Waals surface area contributed by atoms with Crippen molar-refractivity contribution in [3.63, 3.8) is 0 Å². The van der Waals surface area contributed by atoms with Gasteiger partial charge in [-0.3, -0.25) is 0 Å². The Bertz CT molecular complexity index is 199. The summed E-state index contributed by atoms with van der Waals surface area (Å²) in [5.74, 6) is 0. The monoisotopic (exact) mass is 231 g/mol. The first-order valence-corrected chi connectivity index (χ1v) is 6.37. The zero-order chi connectivity index (χ0) is 11.7. The van der Waals surface area contributed by atoms with E-state index in [1.54, 1.807) is 0 Å². The number of hydrogen-bond acceptors (Lipinski definition) is 3. The SMILES string of the molecule is [C-]#[N+]CC(OCC)C([SiH3])(OCC)OCC. The average Bonchev–Trinajstić information content (AvgIpc) is 2.18. The van der Waals surface area contributed by atoms with E-state index in [9.17, 15) is 0 Å². The van der Waals surface area contributed by atoms with Gasteiger partial charge in [-0.05, 0) is 20.8 Å². The van der Waals surface area contributed by atoms with E-state index in [0.717, 1.165) is 0 Å². The molecule has 0 amide bonds. The maximum Gasteiger partial charge on any atom is 0.245 e. The molecule has 1 unspecified atom stereocenters. The van der Waals surface area contributed by atoms with Crippen LogP contribution >= 0.6 is 0 Å². The largest absolute Gasteiger partial charge is 0.365 e. The number of hydrogen-bond donors (Lipinski definition) is 0. The highest BCUT2D eigenvalue weighted by atomic mass is 28.1. The molecule has 5 heteroatoms. The van der Waals surface area contributed by atoms with Gasteiger partial charge in [0.25, 0.3) is 0 Å². The smallest absolute Gasteiger partial charge is 0.245 e. The van der Waals surface area contributed by atoms with Crippen molar-refractivity contribution in [1.82, 2.24) is 0 Å². The van der Waals surface area contributed by atoms with Gasteiger partial charge in [0.2, 0.25) is 6.54 Å². The first-order valence-electron chi connectivity index (χ1n) is 5.37. The van der Waals surface area contributed by atoms with Gasteiger partial charge in [0.05, 0.1) is 10.2 Å². The van der Waals surface area contributed by atoms with Crippen LogP contribution in [0.15, 0.2) is 0 Å². The van der Waals surface area contributed by atoms with E-state index in [4.69, 9.17) is 20.8 Å². The van der Waals surface area contributed by atoms with Crippen molar-refractivity contribution < 1.29 is 14.2 Å². The van der Waals surface area contributed by atoms with Crippen LogP contribution in [0.25, 0.3) is 4.85 Å². The van der Waals surface area contributed by atoms with E-state index in [2.05, 4.69) is 4.85 Å². The Morgan fingerprint density at radius 3 is 2.07 bits per heavy atom. The third-order valence-corrected chi connectivity index (χ3v) is 3.29. The van der Waals surface area contributed by atoms with Crippen LogP contribution in [-0.2, 0) is 14.2 Å². The number of nitrogens with zero attached hydrogens (tertiary/aromatic N) is 1. The Morgan fingerprint density at radius 1 is 1.20 bits per heavy atom. The van der Waals surface area contributed by atoms with Crippen molar-refractivity contribution in [3.8, 4) is 0 Å². The van der Waals surface area contributed by atoms with E-state index in [1.807, 2.05) is 20.8 Å². The van der Waals surface area contributed by atoms with Crippen LogP contribution in [0.1, 0.15) is 20.8 Å². The normalized spacial score (nSPS) is 13.7. The molecule has 0 aliphatic carbocycles. The van der Waals surface area contributed by atoms with Crippen molar-refractivity contribution in [1.29, 1.82) is 0 Å². The van der Waals surface area contributed by atoms with Crippen molar-refractivity contribution in [2.45, 2.75) is 32.3 Å². The molecule has 0 aromatic heterocycles. The zero-order valence-electron chi connectivity index (χ0n) is 10.1. The zero-order valence-corrected chi connectivity index (χ0v) is 12.1. The lowest BCUT2D eigenvalue weighted by molar-refractivity contribution is -0.231. The van der Waals surface area contributed by atoms with E-state index < -0.39 is 5.41 Å². The fourth-order valence-electron chi connectivity index (χ4n) is 1.45. The fraction of sp³-hybridized carbons (Fsp3) is 0.900. The van der Waals surface area contributed by atoms with Crippen LogP contribution in [0.5, 0.6) is 0 Å². The summed E-state index contributed by atoms with van der Waals surface area (Å²) in [6.45, 7) is 14.7. The molecule has 0 saturated carbocycles. The number of rotatable bonds is 8. The second kappa shape index (κ2) is 7.82. The molecule has 0 aromatic carbocycles. The molecule has 0 heterocycles. The highest BCUT2D eigenvalue weighted by Gasteiger charge is 2.38. The highest BCUT2D eigenvalue weighted by Crippen LogP contribution is 2.18. The van der Waals surface area contributed by atoms with E-state index >= 15 is 0 Å². The minimum atomic E-state index is -0.677. The lowest BCUT2D eigenvalue weighted by atomic mass is 10.3. The van der Waals surface area contributed by atoms with Gasteiger partial charge < -0.3 is 19.1 Å². The molecule has 15 heavy (non-hydrogen) atoms. The van der Waals surface area contributed by atoms with Crippen LogP contribution in [0, 0.1) is 6.57 Å². The molecule has 0 spiro atoms. The van der Waals surface area contributed by atoms with Gasteiger partial charge in [0.15, 0.2) is 11.5 Å². The van der Waals surface area contributed by atoms with Gasteiger partial charge >= 0.3 is 0 Å². The second-order valence-electron chi connectivity index (χ2n) is 3.17. The maximum absolute atomic E-state index is 6.91. The third-order valence-electron chi connectivity index (χ3n) is 2.07. The molecule has 0 fully saturated rings. The van der Waals surface area contributed by atoms with Crippen molar-refractivity contribution in [3.05, 3.63) is 11.4 Å². The summed E-state index contributed by atoms with van der Waals surface area (Å²) in [5, 5.41) is 0. The summed E-state index contributed by atoms with van der Waals surface area (Å²) >= 11 is 0. The van der Waals surface area contributed by atoms with Crippen molar-refractivity contribution >= 4 is 10.2 Å². The molecule has 88 valence electrons. The maximum atomic E-state index is 6.91. The Hall–Kier alpha value is -0.413. The first-order chi connectivity index (χ1) is 7.14. The molecule has 0 bridgehead atoms. The lowest BCUT2D eigenvalue weighted by Crippen LogP contribution is -2.51.